The number of unbranched alkanes of at least 4 members (excludes halogenated alkanes) is 10. The van der Waals surface area contributed by atoms with E-state index in [1.165, 1.54) is 25.7 Å². The van der Waals surface area contributed by atoms with Gasteiger partial charge in [-0.05, 0) is 38.5 Å². The molecule has 0 fully saturated rings. The maximum Gasteiger partial charge on any atom is 1.00 e. The third-order valence-electron chi connectivity index (χ3n) is 4.73. The van der Waals surface area contributed by atoms with Gasteiger partial charge < -0.3 is 14.8 Å². The fourth-order valence-corrected chi connectivity index (χ4v) is 3.45. The van der Waals surface area contributed by atoms with Crippen molar-refractivity contribution in [1.82, 2.24) is 0 Å². The molecule has 0 aliphatic carbocycles. The summed E-state index contributed by atoms with van der Waals surface area (Å²) < 4.78 is 29.9. The molecule has 0 spiro atoms. The van der Waals surface area contributed by atoms with Crippen LogP contribution < -0.4 is 51.4 Å². The van der Waals surface area contributed by atoms with Gasteiger partial charge in [0.05, 0.1) is 16.2 Å². The molecule has 0 rings (SSSR count). The van der Waals surface area contributed by atoms with Crippen LogP contribution in [-0.2, 0) is 14.9 Å². The van der Waals surface area contributed by atoms with E-state index >= 15 is 0 Å². The molecule has 1 atom stereocenters. The van der Waals surface area contributed by atoms with Gasteiger partial charge in [0.1, 0.15) is 0 Å². The molecular weight excluding hydrogens is 443 g/mol. The smallest absolute Gasteiger partial charge is 0.748 e. The minimum Gasteiger partial charge on any atom is -0.748 e. The molecule has 2 N–H and O–H groups in total. The van der Waals surface area contributed by atoms with E-state index in [0.29, 0.717) is 12.8 Å². The van der Waals surface area contributed by atoms with Crippen LogP contribution in [0.3, 0.4) is 0 Å². The second-order valence-corrected chi connectivity index (χ2v) is 9.40. The van der Waals surface area contributed by atoms with Crippen LogP contribution in [0.4, 0.5) is 0 Å². The Morgan fingerprint density at radius 3 is 2.00 bits per heavy atom. The molecule has 8 heteroatoms. The third-order valence-corrected chi connectivity index (χ3v) is 5.51. The quantitative estimate of drug-likeness (QED) is 0.125. The summed E-state index contributed by atoms with van der Waals surface area (Å²) in [5.74, 6) is -0.896. The molecule has 0 aliphatic rings. The van der Waals surface area contributed by atoms with E-state index in [1.807, 2.05) is 6.92 Å². The van der Waals surface area contributed by atoms with E-state index < -0.39 is 16.1 Å². The van der Waals surface area contributed by atoms with Crippen LogP contribution in [0.2, 0.25) is 0 Å². The summed E-state index contributed by atoms with van der Waals surface area (Å²) in [6, 6.07) is 0. The van der Waals surface area contributed by atoms with E-state index in [1.54, 1.807) is 0 Å². The zero-order valence-electron chi connectivity index (χ0n) is 20.2. The average molecular weight is 489 g/mol. The monoisotopic (exact) mass is 488 g/mol. The van der Waals surface area contributed by atoms with Crippen molar-refractivity contribution in [3.8, 4) is 0 Å². The van der Waals surface area contributed by atoms with E-state index in [2.05, 4.69) is 19.1 Å². The molecule has 0 radical (unpaired) electrons. The fourth-order valence-electron chi connectivity index (χ4n) is 2.89. The van der Waals surface area contributed by atoms with Gasteiger partial charge in [0.25, 0.3) is 0 Å². The molecule has 0 heterocycles. The van der Waals surface area contributed by atoms with Crippen molar-refractivity contribution in [1.29, 1.82) is 0 Å². The zero-order valence-corrected chi connectivity index (χ0v) is 24.1. The molecule has 0 aliphatic heterocycles. The van der Waals surface area contributed by atoms with Crippen LogP contribution >= 0.6 is 0 Å². The molecule has 0 bridgehead atoms. The molecule has 6 nitrogen and oxygen atoms in total. The number of carboxylic acid groups (broad SMARTS) is 1. The maximum atomic E-state index is 10.3. The first kappa shape index (κ1) is 36.3. The van der Waals surface area contributed by atoms with Crippen LogP contribution in [0.15, 0.2) is 12.2 Å². The summed E-state index contributed by atoms with van der Waals surface area (Å²) >= 11 is 0. The van der Waals surface area contributed by atoms with Gasteiger partial charge in [0, 0.05) is 12.2 Å². The first-order valence-electron chi connectivity index (χ1n) is 11.7. The largest absolute Gasteiger partial charge is 1.00 e. The zero-order chi connectivity index (χ0) is 23.1. The number of carbonyl (C=O) groups is 1. The first-order valence-corrected chi connectivity index (χ1v) is 13.3. The van der Waals surface area contributed by atoms with Crippen molar-refractivity contribution in [2.45, 2.75) is 123 Å². The number of carboxylic acids is 1. The van der Waals surface area contributed by atoms with Crippen LogP contribution in [-0.4, -0.2) is 41.0 Å². The van der Waals surface area contributed by atoms with Crippen molar-refractivity contribution in [3.05, 3.63) is 12.2 Å². The van der Waals surface area contributed by atoms with Gasteiger partial charge in [-0.2, -0.15) is 0 Å². The number of hydrogen-bond acceptors (Lipinski definition) is 5. The average Bonchev–Trinajstić information content (AvgIpc) is 2.66. The normalized spacial score (nSPS) is 12.1. The van der Waals surface area contributed by atoms with E-state index in [-0.39, 0.29) is 63.2 Å². The van der Waals surface area contributed by atoms with E-state index in [0.717, 1.165) is 64.2 Å². The van der Waals surface area contributed by atoms with Crippen LogP contribution in [0, 0.1) is 0 Å². The van der Waals surface area contributed by atoms with Gasteiger partial charge >= 0.3 is 57.4 Å². The number of allylic oxidation sites excluding steroid dienone is 1. The minimum atomic E-state index is -3.95. The van der Waals surface area contributed by atoms with Crippen molar-refractivity contribution < 1.29 is 79.4 Å². The molecule has 1 unspecified atom stereocenters. The summed E-state index contributed by atoms with van der Waals surface area (Å²) in [4.78, 5) is 10.3. The summed E-state index contributed by atoms with van der Waals surface area (Å²) in [5.41, 5.74) is 0. The van der Waals surface area contributed by atoms with Crippen molar-refractivity contribution in [2.75, 3.05) is 5.75 Å². The molecule has 0 aromatic rings. The van der Waals surface area contributed by atoms with Gasteiger partial charge in [-0.15, -0.1) is 0 Å². The Hall–Kier alpha value is 0.716. The third kappa shape index (κ3) is 38.3. The van der Waals surface area contributed by atoms with Gasteiger partial charge in [0.15, 0.2) is 0 Å². The van der Waals surface area contributed by atoms with Crippen LogP contribution in [0.5, 0.6) is 0 Å². The van der Waals surface area contributed by atoms with Crippen molar-refractivity contribution in [2.24, 2.45) is 0 Å². The molecule has 0 saturated heterocycles. The van der Waals surface area contributed by atoms with E-state index in [4.69, 9.17) is 5.11 Å². The Kier molecular flexibility index (Phi) is 31.6. The summed E-state index contributed by atoms with van der Waals surface area (Å²) in [6.45, 7) is 4.16. The summed E-state index contributed by atoms with van der Waals surface area (Å²) in [6.07, 6.45) is 19.6. The Labute approximate surface area is 233 Å². The van der Waals surface area contributed by atoms with Gasteiger partial charge in [-0.25, -0.2) is 8.42 Å². The SMILES string of the molecule is CCCCCCC(O)C/C=C\CCCCCCCC(=O)O.CCCCCS(=O)(=O)[O-].[K+]. The number of aliphatic carboxylic acids is 1. The second-order valence-electron chi connectivity index (χ2n) is 7.88. The topological polar surface area (TPSA) is 115 Å². The first-order chi connectivity index (χ1) is 14.2. The number of aliphatic hydroxyl groups excluding tert-OH is 1. The minimum absolute atomic E-state index is 0. The number of rotatable bonds is 19. The van der Waals surface area contributed by atoms with Crippen LogP contribution in [0.25, 0.3) is 0 Å². The van der Waals surface area contributed by atoms with E-state index in [9.17, 15) is 22.9 Å². The van der Waals surface area contributed by atoms with Crippen molar-refractivity contribution in [3.63, 3.8) is 0 Å². The van der Waals surface area contributed by atoms with Gasteiger partial charge in [-0.1, -0.05) is 83.8 Å². The van der Waals surface area contributed by atoms with Crippen LogP contribution in [0.1, 0.15) is 117 Å². The molecule has 180 valence electrons. The summed E-state index contributed by atoms with van der Waals surface area (Å²) in [7, 11) is -3.95. The predicted octanol–water partition coefficient (Wildman–Crippen LogP) is 2.81. The molecular formula is C23H45KO6S. The maximum absolute atomic E-state index is 10.3. The molecule has 31 heavy (non-hydrogen) atoms. The Morgan fingerprint density at radius 2 is 1.42 bits per heavy atom. The standard InChI is InChI=1S/C18H34O3.C5H12O3S.K/c1-2-3-4-11-14-17(19)15-12-9-7-5-6-8-10-13-16-18(20)21;1-2-3-4-5-9(6,7)8;/h9,12,17,19H,2-8,10-11,13-16H2,1H3,(H,20,21);2-5H2,1H3,(H,6,7,8);/q;;+1/p-1/b12-9-;;. The second kappa shape index (κ2) is 27.0. The fraction of sp³-hybridized carbons (Fsp3) is 0.870. The number of hydrogen-bond donors (Lipinski definition) is 2. The molecule has 0 amide bonds. The van der Waals surface area contributed by atoms with Gasteiger partial charge in [-0.3, -0.25) is 4.79 Å². The Morgan fingerprint density at radius 1 is 0.871 bits per heavy atom. The molecule has 0 aromatic heterocycles. The van der Waals surface area contributed by atoms with Crippen molar-refractivity contribution >= 4 is 16.1 Å². The van der Waals surface area contributed by atoms with Gasteiger partial charge in [0.2, 0.25) is 0 Å². The molecule has 0 saturated carbocycles. The molecule has 0 aromatic carbocycles. The summed E-state index contributed by atoms with van der Waals surface area (Å²) in [5, 5.41) is 18.3. The Bertz CT molecular complexity index is 508. The predicted molar refractivity (Wildman–Crippen MR) is 123 cm³/mol. The number of aliphatic hydroxyl groups is 1. The Balaban J connectivity index is -0.000000662.